The number of aliphatic hydroxyl groups is 1. The molecule has 1 N–H and O–H groups in total. The maximum atomic E-state index is 11.2. The average molecular weight is 340 g/mol. The van der Waals surface area contributed by atoms with E-state index in [0.29, 0.717) is 19.0 Å². The lowest BCUT2D eigenvalue weighted by atomic mass is 10.1. The van der Waals surface area contributed by atoms with Crippen molar-refractivity contribution in [2.75, 3.05) is 44.7 Å². The second-order valence-corrected chi connectivity index (χ2v) is 8.81. The van der Waals surface area contributed by atoms with Crippen LogP contribution in [0.25, 0.3) is 0 Å². The van der Waals surface area contributed by atoms with Gasteiger partial charge in [-0.15, -0.1) is 0 Å². The van der Waals surface area contributed by atoms with E-state index in [9.17, 15) is 13.5 Å². The van der Waals surface area contributed by atoms with Gasteiger partial charge in [0.15, 0.2) is 0 Å². The Morgan fingerprint density at radius 3 is 2.57 bits per heavy atom. The first kappa shape index (κ1) is 18.4. The molecule has 0 aliphatic carbocycles. The minimum atomic E-state index is -2.87. The lowest BCUT2D eigenvalue weighted by molar-refractivity contribution is 0.0390. The van der Waals surface area contributed by atoms with Crippen LogP contribution in [-0.2, 0) is 9.84 Å². The van der Waals surface area contributed by atoms with Crippen molar-refractivity contribution in [3.8, 4) is 0 Å². The van der Waals surface area contributed by atoms with Crippen LogP contribution < -0.4 is 0 Å². The van der Waals surface area contributed by atoms with Crippen LogP contribution in [0.5, 0.6) is 0 Å². The second-order valence-electron chi connectivity index (χ2n) is 6.55. The summed E-state index contributed by atoms with van der Waals surface area (Å²) in [6.07, 6.45) is 1.52. The smallest absolute Gasteiger partial charge is 0.147 e. The molecule has 23 heavy (non-hydrogen) atoms. The van der Waals surface area contributed by atoms with E-state index in [1.54, 1.807) is 0 Å². The molecule has 1 heterocycles. The van der Waals surface area contributed by atoms with Crippen LogP contribution in [-0.4, -0.2) is 74.1 Å². The highest BCUT2D eigenvalue weighted by Gasteiger charge is 2.25. The fraction of sp³-hybridized carbons (Fsp3) is 0.647. The van der Waals surface area contributed by atoms with Gasteiger partial charge in [-0.05, 0) is 25.5 Å². The predicted octanol–water partition coefficient (Wildman–Crippen LogP) is 1.16. The molecule has 1 aromatic carbocycles. The maximum Gasteiger partial charge on any atom is 0.147 e. The molecule has 1 aliphatic heterocycles. The van der Waals surface area contributed by atoms with E-state index in [4.69, 9.17) is 0 Å². The standard InChI is InChI=1S/C17H28N2O3S/c1-15-13-18(9-6-12-23(2,21)22)10-11-19(15)14-17(20)16-7-4-3-5-8-16/h3-5,7-8,15,17,20H,6,9-14H2,1-2H3/t15-,17-/m0/s1. The van der Waals surface area contributed by atoms with Gasteiger partial charge in [0.2, 0.25) is 0 Å². The molecule has 1 aliphatic rings. The SMILES string of the molecule is C[C@H]1CN(CCCS(C)(=O)=O)CCN1C[C@H](O)c1ccccc1. The first-order valence-corrected chi connectivity index (χ1v) is 10.3. The summed E-state index contributed by atoms with van der Waals surface area (Å²) in [7, 11) is -2.87. The molecule has 0 unspecified atom stereocenters. The molecule has 0 radical (unpaired) electrons. The van der Waals surface area contributed by atoms with Gasteiger partial charge in [-0.2, -0.15) is 0 Å². The minimum Gasteiger partial charge on any atom is -0.387 e. The third kappa shape index (κ3) is 6.22. The minimum absolute atomic E-state index is 0.258. The molecule has 1 saturated heterocycles. The number of benzene rings is 1. The van der Waals surface area contributed by atoms with Crippen molar-refractivity contribution >= 4 is 9.84 Å². The van der Waals surface area contributed by atoms with Crippen molar-refractivity contribution in [2.45, 2.75) is 25.5 Å². The molecule has 6 heteroatoms. The van der Waals surface area contributed by atoms with Crippen molar-refractivity contribution < 1.29 is 13.5 Å². The Kier molecular flexibility index (Phi) is 6.59. The first-order valence-electron chi connectivity index (χ1n) is 8.22. The van der Waals surface area contributed by atoms with Gasteiger partial charge in [0.1, 0.15) is 9.84 Å². The topological polar surface area (TPSA) is 60.9 Å². The molecule has 0 amide bonds. The molecule has 0 spiro atoms. The Labute approximate surface area is 139 Å². The highest BCUT2D eigenvalue weighted by Crippen LogP contribution is 2.17. The fourth-order valence-electron chi connectivity index (χ4n) is 3.10. The summed E-state index contributed by atoms with van der Waals surface area (Å²) in [4.78, 5) is 4.63. The van der Waals surface area contributed by atoms with Crippen molar-refractivity contribution in [1.82, 2.24) is 9.80 Å². The zero-order valence-electron chi connectivity index (χ0n) is 14.1. The van der Waals surface area contributed by atoms with Crippen LogP contribution in [0.3, 0.4) is 0 Å². The van der Waals surface area contributed by atoms with Crippen LogP contribution in [0.1, 0.15) is 25.0 Å². The van der Waals surface area contributed by atoms with Gasteiger partial charge < -0.3 is 10.0 Å². The van der Waals surface area contributed by atoms with Crippen molar-refractivity contribution in [1.29, 1.82) is 0 Å². The van der Waals surface area contributed by atoms with Crippen LogP contribution in [0.2, 0.25) is 0 Å². The molecular formula is C17H28N2O3S. The molecule has 2 atom stereocenters. The number of hydrogen-bond acceptors (Lipinski definition) is 5. The van der Waals surface area contributed by atoms with Gasteiger partial charge in [-0.1, -0.05) is 30.3 Å². The zero-order chi connectivity index (χ0) is 16.9. The number of piperazine rings is 1. The Bertz CT molecular complexity index is 577. The van der Waals surface area contributed by atoms with Gasteiger partial charge in [0.05, 0.1) is 11.9 Å². The highest BCUT2D eigenvalue weighted by atomic mass is 32.2. The maximum absolute atomic E-state index is 11.2. The van der Waals surface area contributed by atoms with E-state index in [1.807, 2.05) is 30.3 Å². The van der Waals surface area contributed by atoms with Crippen molar-refractivity contribution in [2.24, 2.45) is 0 Å². The van der Waals surface area contributed by atoms with E-state index in [2.05, 4.69) is 16.7 Å². The Hall–Kier alpha value is -0.950. The normalized spacial score (nSPS) is 22.1. The lowest BCUT2D eigenvalue weighted by Gasteiger charge is -2.40. The van der Waals surface area contributed by atoms with Gasteiger partial charge in [0, 0.05) is 38.5 Å². The summed E-state index contributed by atoms with van der Waals surface area (Å²) in [5.74, 6) is 0.258. The van der Waals surface area contributed by atoms with Crippen molar-refractivity contribution in [3.63, 3.8) is 0 Å². The third-order valence-corrected chi connectivity index (χ3v) is 5.46. The molecule has 2 rings (SSSR count). The molecule has 5 nitrogen and oxygen atoms in total. The number of β-amino-alcohol motifs (C(OH)–C–C–N with tert-alkyl or cyclic N) is 1. The summed E-state index contributed by atoms with van der Waals surface area (Å²) < 4.78 is 22.4. The van der Waals surface area contributed by atoms with E-state index in [0.717, 1.165) is 31.7 Å². The van der Waals surface area contributed by atoms with Crippen LogP contribution >= 0.6 is 0 Å². The monoisotopic (exact) mass is 340 g/mol. The fourth-order valence-corrected chi connectivity index (χ4v) is 3.75. The van der Waals surface area contributed by atoms with Gasteiger partial charge in [-0.25, -0.2) is 8.42 Å². The van der Waals surface area contributed by atoms with E-state index in [-0.39, 0.29) is 5.75 Å². The Balaban J connectivity index is 1.78. The summed E-state index contributed by atoms with van der Waals surface area (Å²) in [6, 6.07) is 10.1. The molecule has 0 saturated carbocycles. The Morgan fingerprint density at radius 1 is 1.26 bits per heavy atom. The number of nitrogens with zero attached hydrogens (tertiary/aromatic N) is 2. The molecule has 1 aromatic rings. The van der Waals surface area contributed by atoms with Crippen molar-refractivity contribution in [3.05, 3.63) is 35.9 Å². The van der Waals surface area contributed by atoms with Crippen LogP contribution in [0, 0.1) is 0 Å². The van der Waals surface area contributed by atoms with E-state index in [1.165, 1.54) is 6.26 Å². The van der Waals surface area contributed by atoms with Crippen LogP contribution in [0.4, 0.5) is 0 Å². The van der Waals surface area contributed by atoms with Gasteiger partial charge >= 0.3 is 0 Å². The number of rotatable bonds is 7. The first-order chi connectivity index (χ1) is 10.8. The second kappa shape index (κ2) is 8.24. The van der Waals surface area contributed by atoms with Gasteiger partial charge in [-0.3, -0.25) is 4.90 Å². The zero-order valence-corrected chi connectivity index (χ0v) is 14.9. The van der Waals surface area contributed by atoms with E-state index < -0.39 is 15.9 Å². The lowest BCUT2D eigenvalue weighted by Crippen LogP contribution is -2.53. The molecule has 130 valence electrons. The molecular weight excluding hydrogens is 312 g/mol. The molecule has 0 bridgehead atoms. The summed E-state index contributed by atoms with van der Waals surface area (Å²) in [6.45, 7) is 6.39. The van der Waals surface area contributed by atoms with Crippen LogP contribution in [0.15, 0.2) is 30.3 Å². The summed E-state index contributed by atoms with van der Waals surface area (Å²) in [5, 5.41) is 10.4. The largest absolute Gasteiger partial charge is 0.387 e. The van der Waals surface area contributed by atoms with Gasteiger partial charge in [0.25, 0.3) is 0 Å². The summed E-state index contributed by atoms with van der Waals surface area (Å²) >= 11 is 0. The predicted molar refractivity (Wildman–Crippen MR) is 93.2 cm³/mol. The van der Waals surface area contributed by atoms with E-state index >= 15 is 0 Å². The third-order valence-electron chi connectivity index (χ3n) is 4.43. The molecule has 1 fully saturated rings. The number of aliphatic hydroxyl groups excluding tert-OH is 1. The number of sulfone groups is 1. The quantitative estimate of drug-likeness (QED) is 0.807. The Morgan fingerprint density at radius 2 is 1.96 bits per heavy atom. The average Bonchev–Trinajstić information content (AvgIpc) is 2.49. The summed E-state index contributed by atoms with van der Waals surface area (Å²) in [5.41, 5.74) is 0.954. The molecule has 0 aromatic heterocycles. The number of hydrogen-bond donors (Lipinski definition) is 1. The highest BCUT2D eigenvalue weighted by molar-refractivity contribution is 7.90.